The Balaban J connectivity index is 1.72. The van der Waals surface area contributed by atoms with Crippen LogP contribution >= 0.6 is 0 Å². The number of H-pyrrole nitrogens is 1. The Morgan fingerprint density at radius 3 is 2.63 bits per heavy atom. The number of nitrogens with zero attached hydrogens (tertiary/aromatic N) is 3. The number of hydrogen-bond acceptors (Lipinski definition) is 6. The van der Waals surface area contributed by atoms with Crippen molar-refractivity contribution in [1.82, 2.24) is 10.3 Å². The molecule has 0 radical (unpaired) electrons. The summed E-state index contributed by atoms with van der Waals surface area (Å²) in [6, 6.07) is 12.2. The first-order chi connectivity index (χ1) is 13.0. The number of rotatable bonds is 5. The number of carbonyl (C=O) groups excluding carboxylic acids is 2. The highest BCUT2D eigenvalue weighted by molar-refractivity contribution is 5.97. The molecule has 10 nitrogen and oxygen atoms in total. The van der Waals surface area contributed by atoms with Gasteiger partial charge in [0, 0.05) is 23.1 Å². The predicted molar refractivity (Wildman–Crippen MR) is 94.9 cm³/mol. The molecule has 2 amide bonds. The molecule has 0 unspecified atom stereocenters. The molecule has 3 aromatic rings. The van der Waals surface area contributed by atoms with Crippen LogP contribution in [0.15, 0.2) is 58.8 Å². The molecule has 0 aliphatic heterocycles. The van der Waals surface area contributed by atoms with Gasteiger partial charge in [0.25, 0.3) is 17.5 Å². The quantitative estimate of drug-likeness (QED) is 0.360. The van der Waals surface area contributed by atoms with E-state index in [9.17, 15) is 24.8 Å². The molecule has 0 aliphatic carbocycles. The van der Waals surface area contributed by atoms with Crippen LogP contribution in [0.5, 0.6) is 5.88 Å². The van der Waals surface area contributed by atoms with Gasteiger partial charge in [-0.15, -0.1) is 10.2 Å². The van der Waals surface area contributed by atoms with E-state index in [2.05, 4.69) is 20.5 Å². The first-order valence-electron chi connectivity index (χ1n) is 7.72. The second-order valence-corrected chi connectivity index (χ2v) is 5.45. The second-order valence-electron chi connectivity index (χ2n) is 5.45. The molecule has 3 N–H and O–H groups in total. The van der Waals surface area contributed by atoms with E-state index in [1.54, 1.807) is 30.3 Å². The molecule has 0 bridgehead atoms. The number of benzene rings is 2. The molecule has 0 aliphatic rings. The number of nitro benzene ring substituents is 1. The molecule has 0 spiro atoms. The van der Waals surface area contributed by atoms with Gasteiger partial charge >= 0.3 is 0 Å². The standard InChI is InChI=1S/C17H13N5O5/c23-14(9-18-16(24)10-4-2-1-3-5-10)20-21-15-12-8-11(22(26)27)6-7-13(12)19-17(15)25/h1-8,19,25H,9H2,(H,18,24). The van der Waals surface area contributed by atoms with Gasteiger partial charge in [0.15, 0.2) is 5.69 Å². The van der Waals surface area contributed by atoms with Crippen LogP contribution in [-0.2, 0) is 4.79 Å². The summed E-state index contributed by atoms with van der Waals surface area (Å²) in [6.07, 6.45) is 0. The van der Waals surface area contributed by atoms with E-state index in [4.69, 9.17) is 0 Å². The fourth-order valence-electron chi connectivity index (χ4n) is 2.35. The lowest BCUT2D eigenvalue weighted by Gasteiger charge is -2.01. The minimum atomic E-state index is -0.751. The summed E-state index contributed by atoms with van der Waals surface area (Å²) in [6.45, 7) is -0.388. The van der Waals surface area contributed by atoms with Gasteiger partial charge in [0.05, 0.1) is 10.4 Å². The molecule has 0 saturated carbocycles. The first kappa shape index (κ1) is 17.7. The van der Waals surface area contributed by atoms with Gasteiger partial charge in [-0.3, -0.25) is 19.7 Å². The summed E-state index contributed by atoms with van der Waals surface area (Å²) in [7, 11) is 0. The van der Waals surface area contributed by atoms with E-state index in [0.29, 0.717) is 11.1 Å². The smallest absolute Gasteiger partial charge is 0.283 e. The average molecular weight is 367 g/mol. The van der Waals surface area contributed by atoms with Crippen LogP contribution in [0.2, 0.25) is 0 Å². The van der Waals surface area contributed by atoms with E-state index in [1.165, 1.54) is 18.2 Å². The summed E-state index contributed by atoms with van der Waals surface area (Å²) in [5.74, 6) is -1.57. The highest BCUT2D eigenvalue weighted by Crippen LogP contribution is 2.37. The Morgan fingerprint density at radius 1 is 1.19 bits per heavy atom. The second kappa shape index (κ2) is 7.44. The van der Waals surface area contributed by atoms with Crippen LogP contribution in [0.1, 0.15) is 10.4 Å². The maximum absolute atomic E-state index is 11.9. The predicted octanol–water partition coefficient (Wildman–Crippen LogP) is 2.82. The highest BCUT2D eigenvalue weighted by atomic mass is 16.6. The van der Waals surface area contributed by atoms with Crippen LogP contribution in [0.4, 0.5) is 11.4 Å². The van der Waals surface area contributed by atoms with Crippen molar-refractivity contribution in [3.8, 4) is 5.88 Å². The fourth-order valence-corrected chi connectivity index (χ4v) is 2.35. The summed E-state index contributed by atoms with van der Waals surface area (Å²) in [4.78, 5) is 36.6. The zero-order chi connectivity index (χ0) is 19.4. The monoisotopic (exact) mass is 367 g/mol. The molecule has 1 heterocycles. The summed E-state index contributed by atoms with van der Waals surface area (Å²) in [5, 5.41) is 30.5. The molecule has 2 aromatic carbocycles. The molecule has 3 rings (SSSR count). The molecule has 10 heteroatoms. The minimum absolute atomic E-state index is 0.101. The van der Waals surface area contributed by atoms with Crippen molar-refractivity contribution in [2.45, 2.75) is 0 Å². The highest BCUT2D eigenvalue weighted by Gasteiger charge is 2.15. The summed E-state index contributed by atoms with van der Waals surface area (Å²) in [5.41, 5.74) is 0.497. The molecule has 0 saturated heterocycles. The zero-order valence-corrected chi connectivity index (χ0v) is 13.7. The third-order valence-corrected chi connectivity index (χ3v) is 3.64. The molecule has 0 fully saturated rings. The number of nitrogens with one attached hydrogen (secondary N) is 2. The SMILES string of the molecule is O=C(CNC(=O)c1ccccc1)N=Nc1c(O)[nH]c2ccc([N+](=O)[O-])cc12. The minimum Gasteiger partial charge on any atom is -0.493 e. The first-order valence-corrected chi connectivity index (χ1v) is 7.72. The number of azo groups is 1. The van der Waals surface area contributed by atoms with Gasteiger partial charge in [0.2, 0.25) is 5.88 Å². The summed E-state index contributed by atoms with van der Waals surface area (Å²) >= 11 is 0. The maximum atomic E-state index is 11.9. The van der Waals surface area contributed by atoms with Crippen molar-refractivity contribution >= 4 is 34.1 Å². The largest absolute Gasteiger partial charge is 0.493 e. The Kier molecular flexibility index (Phi) is 4.88. The van der Waals surface area contributed by atoms with E-state index in [-0.39, 0.29) is 29.2 Å². The van der Waals surface area contributed by atoms with E-state index in [1.807, 2.05) is 0 Å². The third kappa shape index (κ3) is 3.95. The lowest BCUT2D eigenvalue weighted by molar-refractivity contribution is -0.384. The molecular weight excluding hydrogens is 354 g/mol. The normalized spacial score (nSPS) is 11.0. The lowest BCUT2D eigenvalue weighted by atomic mass is 10.2. The van der Waals surface area contributed by atoms with Gasteiger partial charge < -0.3 is 15.4 Å². The van der Waals surface area contributed by atoms with E-state index >= 15 is 0 Å². The Hall–Kier alpha value is -4.08. The van der Waals surface area contributed by atoms with Crippen LogP contribution < -0.4 is 5.32 Å². The van der Waals surface area contributed by atoms with Crippen LogP contribution in [0, 0.1) is 10.1 Å². The number of amides is 2. The van der Waals surface area contributed by atoms with Gasteiger partial charge in [0.1, 0.15) is 6.54 Å². The third-order valence-electron chi connectivity index (χ3n) is 3.64. The molecule has 136 valence electrons. The van der Waals surface area contributed by atoms with E-state index in [0.717, 1.165) is 0 Å². The van der Waals surface area contributed by atoms with Gasteiger partial charge in [-0.25, -0.2) is 0 Å². The molecular formula is C17H13N5O5. The van der Waals surface area contributed by atoms with Crippen molar-refractivity contribution in [3.05, 3.63) is 64.2 Å². The number of aromatic amines is 1. The van der Waals surface area contributed by atoms with Crippen molar-refractivity contribution < 1.29 is 19.6 Å². The van der Waals surface area contributed by atoms with Gasteiger partial charge in [-0.1, -0.05) is 18.2 Å². The lowest BCUT2D eigenvalue weighted by Crippen LogP contribution is -2.28. The fraction of sp³-hybridized carbons (Fsp3) is 0.0588. The van der Waals surface area contributed by atoms with Crippen molar-refractivity contribution in [3.63, 3.8) is 0 Å². The van der Waals surface area contributed by atoms with Crippen molar-refractivity contribution in [2.24, 2.45) is 10.2 Å². The Labute approximate surface area is 151 Å². The van der Waals surface area contributed by atoms with Gasteiger partial charge in [-0.05, 0) is 18.2 Å². The van der Waals surface area contributed by atoms with Crippen LogP contribution in [-0.4, -0.2) is 33.4 Å². The Morgan fingerprint density at radius 2 is 1.93 bits per heavy atom. The topological polar surface area (TPSA) is 150 Å². The van der Waals surface area contributed by atoms with Crippen molar-refractivity contribution in [1.29, 1.82) is 0 Å². The number of aromatic hydroxyl groups is 1. The average Bonchev–Trinajstić information content (AvgIpc) is 2.99. The number of carbonyl (C=O) groups is 2. The number of nitro groups is 1. The number of hydrogen-bond donors (Lipinski definition) is 3. The Bertz CT molecular complexity index is 1060. The van der Waals surface area contributed by atoms with Gasteiger partial charge in [-0.2, -0.15) is 0 Å². The molecule has 0 atom stereocenters. The number of fused-ring (bicyclic) bond motifs is 1. The molecule has 27 heavy (non-hydrogen) atoms. The van der Waals surface area contributed by atoms with Crippen molar-refractivity contribution in [2.75, 3.05) is 6.54 Å². The zero-order valence-electron chi connectivity index (χ0n) is 13.7. The van der Waals surface area contributed by atoms with Crippen LogP contribution in [0.25, 0.3) is 10.9 Å². The number of aromatic nitrogens is 1. The number of non-ortho nitro benzene ring substituents is 1. The van der Waals surface area contributed by atoms with E-state index < -0.39 is 16.7 Å². The van der Waals surface area contributed by atoms with Crippen LogP contribution in [0.3, 0.4) is 0 Å². The summed E-state index contributed by atoms with van der Waals surface area (Å²) < 4.78 is 0. The maximum Gasteiger partial charge on any atom is 0.283 e. The molecule has 1 aromatic heterocycles.